The van der Waals surface area contributed by atoms with Crippen LogP contribution in [0.1, 0.15) is 82.1 Å². The standard InChI is InChI=1S/C32H31NO5S/c1-3-16-38-31(37)25-20-12-6-9-15-23(20)39-30(25)33-28(35)26-24-18-10-4-7-13-21(18)32(17(2)34,27(26)29(33)36)22-14-8-5-11-19(22)24/h4-5,7-8,10-11,13-14,17,24,26-27,34H,3,6,9,12,15-16H2,1-2H3. The lowest BCUT2D eigenvalue weighted by molar-refractivity contribution is -0.126. The summed E-state index contributed by atoms with van der Waals surface area (Å²) in [6, 6.07) is 15.9. The molecule has 3 unspecified atom stereocenters. The number of aryl methyl sites for hydroxylation is 1. The molecule has 1 fully saturated rings. The maximum Gasteiger partial charge on any atom is 0.341 e. The highest BCUT2D eigenvalue weighted by Gasteiger charge is 2.70. The number of nitrogens with zero attached hydrogens (tertiary/aromatic N) is 1. The molecule has 1 N–H and O–H groups in total. The molecular weight excluding hydrogens is 510 g/mol. The average Bonchev–Trinajstić information content (AvgIpc) is 3.46. The molecule has 8 rings (SSSR count). The Morgan fingerprint density at radius 2 is 1.69 bits per heavy atom. The van der Waals surface area contributed by atoms with E-state index in [-0.39, 0.29) is 24.3 Å². The highest BCUT2D eigenvalue weighted by Crippen LogP contribution is 2.65. The van der Waals surface area contributed by atoms with Gasteiger partial charge in [-0.2, -0.15) is 0 Å². The van der Waals surface area contributed by atoms with Crippen molar-refractivity contribution < 1.29 is 24.2 Å². The summed E-state index contributed by atoms with van der Waals surface area (Å²) in [4.78, 5) is 44.9. The molecule has 39 heavy (non-hydrogen) atoms. The summed E-state index contributed by atoms with van der Waals surface area (Å²) >= 11 is 1.39. The van der Waals surface area contributed by atoms with Crippen LogP contribution in [-0.4, -0.2) is 35.6 Å². The number of aliphatic hydroxyl groups is 1. The van der Waals surface area contributed by atoms with Gasteiger partial charge in [0.1, 0.15) is 5.00 Å². The van der Waals surface area contributed by atoms with Gasteiger partial charge >= 0.3 is 5.97 Å². The zero-order chi connectivity index (χ0) is 27.1. The van der Waals surface area contributed by atoms with E-state index in [1.165, 1.54) is 16.2 Å². The fourth-order valence-electron chi connectivity index (χ4n) is 7.93. The number of hydrogen-bond acceptors (Lipinski definition) is 6. The lowest BCUT2D eigenvalue weighted by Gasteiger charge is -2.55. The van der Waals surface area contributed by atoms with Crippen LogP contribution in [0.4, 0.5) is 5.00 Å². The van der Waals surface area contributed by atoms with Crippen molar-refractivity contribution in [3.63, 3.8) is 0 Å². The molecule has 0 radical (unpaired) electrons. The number of thiophene rings is 1. The van der Waals surface area contributed by atoms with Gasteiger partial charge < -0.3 is 9.84 Å². The summed E-state index contributed by atoms with van der Waals surface area (Å²) in [5, 5.41) is 12.0. The van der Waals surface area contributed by atoms with Crippen LogP contribution in [0.2, 0.25) is 0 Å². The Kier molecular flexibility index (Phi) is 5.62. The minimum atomic E-state index is -1.06. The van der Waals surface area contributed by atoms with E-state index in [4.69, 9.17) is 4.74 Å². The summed E-state index contributed by atoms with van der Waals surface area (Å²) in [5.74, 6) is -2.79. The number of aliphatic hydroxyl groups excluding tert-OH is 1. The van der Waals surface area contributed by atoms with Gasteiger partial charge in [-0.3, -0.25) is 9.59 Å². The molecule has 200 valence electrons. The van der Waals surface area contributed by atoms with Gasteiger partial charge in [0.15, 0.2) is 0 Å². The summed E-state index contributed by atoms with van der Waals surface area (Å²) in [5.41, 5.74) is 4.08. The first-order valence-corrected chi connectivity index (χ1v) is 14.8. The first-order chi connectivity index (χ1) is 18.9. The van der Waals surface area contributed by atoms with E-state index in [9.17, 15) is 19.5 Å². The highest BCUT2D eigenvalue weighted by atomic mass is 32.1. The average molecular weight is 542 g/mol. The zero-order valence-corrected chi connectivity index (χ0v) is 22.9. The summed E-state index contributed by atoms with van der Waals surface area (Å²) < 4.78 is 5.58. The van der Waals surface area contributed by atoms with Crippen molar-refractivity contribution in [2.24, 2.45) is 11.8 Å². The van der Waals surface area contributed by atoms with Crippen molar-refractivity contribution >= 4 is 34.1 Å². The van der Waals surface area contributed by atoms with E-state index in [2.05, 4.69) is 0 Å². The van der Waals surface area contributed by atoms with Gasteiger partial charge in [0.05, 0.1) is 35.5 Å². The van der Waals surface area contributed by atoms with Crippen LogP contribution in [0.5, 0.6) is 0 Å². The maximum absolute atomic E-state index is 14.6. The Labute approximate surface area is 231 Å². The Bertz CT molecular complexity index is 1490. The topological polar surface area (TPSA) is 83.9 Å². The minimum absolute atomic E-state index is 0.285. The van der Waals surface area contributed by atoms with Crippen molar-refractivity contribution in [3.05, 3.63) is 86.8 Å². The van der Waals surface area contributed by atoms with Gasteiger partial charge in [-0.25, -0.2) is 9.69 Å². The SMILES string of the molecule is CCCOC(=O)c1c(N2C(=O)C3C4c5ccccc5C(C(C)O)(c5ccccc54)C3C2=O)sc2c1CCCC2. The van der Waals surface area contributed by atoms with Crippen molar-refractivity contribution in [1.82, 2.24) is 0 Å². The number of anilines is 1. The molecule has 1 saturated heterocycles. The van der Waals surface area contributed by atoms with E-state index in [1.807, 2.05) is 55.5 Å². The molecule has 2 heterocycles. The number of carbonyl (C=O) groups is 3. The Hall–Kier alpha value is -3.29. The van der Waals surface area contributed by atoms with Gasteiger partial charge in [0, 0.05) is 10.8 Å². The van der Waals surface area contributed by atoms with Crippen molar-refractivity contribution in [3.8, 4) is 0 Å². The summed E-state index contributed by atoms with van der Waals surface area (Å²) in [6.07, 6.45) is 3.31. The molecule has 6 nitrogen and oxygen atoms in total. The number of rotatable bonds is 5. The van der Waals surface area contributed by atoms with E-state index in [0.29, 0.717) is 17.0 Å². The third-order valence-electron chi connectivity index (χ3n) is 9.34. The molecule has 2 amide bonds. The lowest BCUT2D eigenvalue weighted by atomic mass is 9.46. The number of hydrogen-bond donors (Lipinski definition) is 1. The molecule has 1 aliphatic heterocycles. The number of imide groups is 1. The number of esters is 1. The Morgan fingerprint density at radius 1 is 1.05 bits per heavy atom. The van der Waals surface area contributed by atoms with Crippen LogP contribution in [0, 0.1) is 11.8 Å². The monoisotopic (exact) mass is 541 g/mol. The summed E-state index contributed by atoms with van der Waals surface area (Å²) in [7, 11) is 0. The van der Waals surface area contributed by atoms with Crippen molar-refractivity contribution in [2.45, 2.75) is 63.4 Å². The van der Waals surface area contributed by atoms with Gasteiger partial charge in [0.2, 0.25) is 11.8 Å². The maximum atomic E-state index is 14.6. The zero-order valence-electron chi connectivity index (χ0n) is 22.1. The predicted octanol–water partition coefficient (Wildman–Crippen LogP) is 5.13. The molecule has 3 atom stereocenters. The molecule has 7 heteroatoms. The molecule has 5 aliphatic rings. The Balaban J connectivity index is 1.45. The van der Waals surface area contributed by atoms with Gasteiger partial charge in [-0.1, -0.05) is 55.5 Å². The van der Waals surface area contributed by atoms with Gasteiger partial charge in [-0.15, -0.1) is 11.3 Å². The molecule has 1 aromatic heterocycles. The molecular formula is C32H31NO5S. The summed E-state index contributed by atoms with van der Waals surface area (Å²) in [6.45, 7) is 3.96. The van der Waals surface area contributed by atoms with E-state index >= 15 is 0 Å². The number of ether oxygens (including phenoxy) is 1. The van der Waals surface area contributed by atoms with Crippen LogP contribution >= 0.6 is 11.3 Å². The number of amides is 2. The number of carbonyl (C=O) groups excluding carboxylic acids is 3. The van der Waals surface area contributed by atoms with E-state index in [0.717, 1.165) is 58.4 Å². The molecule has 0 saturated carbocycles. The number of fused-ring (bicyclic) bond motifs is 1. The van der Waals surface area contributed by atoms with Crippen molar-refractivity contribution in [2.75, 3.05) is 11.5 Å². The van der Waals surface area contributed by atoms with Gasteiger partial charge in [-0.05, 0) is 66.8 Å². The smallest absolute Gasteiger partial charge is 0.341 e. The van der Waals surface area contributed by atoms with Crippen LogP contribution in [0.15, 0.2) is 48.5 Å². The van der Waals surface area contributed by atoms with Crippen LogP contribution in [0.3, 0.4) is 0 Å². The molecule has 0 spiro atoms. The Morgan fingerprint density at radius 3 is 2.33 bits per heavy atom. The van der Waals surface area contributed by atoms with Crippen molar-refractivity contribution in [1.29, 1.82) is 0 Å². The second-order valence-electron chi connectivity index (χ2n) is 11.2. The van der Waals surface area contributed by atoms with E-state index in [1.54, 1.807) is 6.92 Å². The van der Waals surface area contributed by atoms with Crippen LogP contribution < -0.4 is 4.90 Å². The lowest BCUT2D eigenvalue weighted by Crippen LogP contribution is -2.58. The quantitative estimate of drug-likeness (QED) is 0.358. The van der Waals surface area contributed by atoms with Crippen LogP contribution in [0.25, 0.3) is 0 Å². The first kappa shape index (κ1) is 24.7. The molecule has 2 bridgehead atoms. The fourth-order valence-corrected chi connectivity index (χ4v) is 9.31. The number of benzene rings is 2. The third kappa shape index (κ3) is 3.09. The van der Waals surface area contributed by atoms with Crippen LogP contribution in [-0.2, 0) is 32.6 Å². The second kappa shape index (κ2) is 8.86. The molecule has 3 aromatic rings. The largest absolute Gasteiger partial charge is 0.462 e. The predicted molar refractivity (Wildman–Crippen MR) is 148 cm³/mol. The highest BCUT2D eigenvalue weighted by molar-refractivity contribution is 7.17. The fraction of sp³-hybridized carbons (Fsp3) is 0.406. The second-order valence-corrected chi connectivity index (χ2v) is 12.3. The minimum Gasteiger partial charge on any atom is -0.462 e. The molecule has 2 aromatic carbocycles. The third-order valence-corrected chi connectivity index (χ3v) is 10.6. The first-order valence-electron chi connectivity index (χ1n) is 14.0. The normalized spacial score (nSPS) is 27.1. The van der Waals surface area contributed by atoms with Gasteiger partial charge in [0.25, 0.3) is 0 Å². The molecule has 4 aliphatic carbocycles. The van der Waals surface area contributed by atoms with E-state index < -0.39 is 29.3 Å².